The third-order valence-corrected chi connectivity index (χ3v) is 3.53. The molecule has 0 radical (unpaired) electrons. The van der Waals surface area contributed by atoms with Gasteiger partial charge in [0, 0.05) is 16.3 Å². The molecule has 0 aliphatic heterocycles. The normalized spacial score (nSPS) is 11.1. The molecule has 1 N–H and O–H groups in total. The molecule has 2 aromatic rings. The zero-order chi connectivity index (χ0) is 12.3. The quantitative estimate of drug-likeness (QED) is 0.681. The molecule has 2 rings (SSSR count). The minimum Gasteiger partial charge on any atom is -0.477 e. The van der Waals surface area contributed by atoms with E-state index in [2.05, 4.69) is 4.98 Å². The van der Waals surface area contributed by atoms with Gasteiger partial charge in [0.25, 0.3) is 0 Å². The van der Waals surface area contributed by atoms with Crippen molar-refractivity contribution in [1.29, 1.82) is 5.26 Å². The van der Waals surface area contributed by atoms with E-state index < -0.39 is 5.97 Å². The van der Waals surface area contributed by atoms with Gasteiger partial charge in [0.1, 0.15) is 16.6 Å². The summed E-state index contributed by atoms with van der Waals surface area (Å²) < 4.78 is 0. The Labute approximate surface area is 105 Å². The number of thiophene rings is 1. The van der Waals surface area contributed by atoms with Crippen molar-refractivity contribution in [3.63, 3.8) is 0 Å². The van der Waals surface area contributed by atoms with Crippen molar-refractivity contribution in [2.45, 2.75) is 0 Å². The summed E-state index contributed by atoms with van der Waals surface area (Å²) in [5, 5.41) is 23.8. The molecule has 84 valence electrons. The van der Waals surface area contributed by atoms with Gasteiger partial charge in [0.15, 0.2) is 0 Å². The molecule has 4 nitrogen and oxygen atoms in total. The smallest absolute Gasteiger partial charge is 0.346 e. The molecule has 17 heavy (non-hydrogen) atoms. The third-order valence-electron chi connectivity index (χ3n) is 1.93. The van der Waals surface area contributed by atoms with Crippen LogP contribution in [-0.4, -0.2) is 16.1 Å². The topological polar surface area (TPSA) is 74.0 Å². The fourth-order valence-electron chi connectivity index (χ4n) is 1.16. The summed E-state index contributed by atoms with van der Waals surface area (Å²) in [7, 11) is 0. The average molecular weight is 262 g/mol. The molecule has 2 aromatic heterocycles. The number of rotatable bonds is 3. The van der Waals surface area contributed by atoms with Crippen LogP contribution in [0.1, 0.15) is 5.69 Å². The largest absolute Gasteiger partial charge is 0.477 e. The summed E-state index contributed by atoms with van der Waals surface area (Å²) in [6.45, 7) is 0. The third kappa shape index (κ3) is 2.58. The molecule has 0 saturated carbocycles. The highest BCUT2D eigenvalue weighted by atomic mass is 32.1. The first-order valence-electron chi connectivity index (χ1n) is 4.54. The number of nitrogens with zero attached hydrogens (tertiary/aromatic N) is 2. The molecule has 0 saturated heterocycles. The van der Waals surface area contributed by atoms with E-state index in [1.807, 2.05) is 16.8 Å². The van der Waals surface area contributed by atoms with Gasteiger partial charge >= 0.3 is 5.97 Å². The lowest BCUT2D eigenvalue weighted by Crippen LogP contribution is -1.97. The number of hydrogen-bond acceptors (Lipinski definition) is 5. The van der Waals surface area contributed by atoms with E-state index in [9.17, 15) is 4.79 Å². The molecule has 0 bridgehead atoms. The highest BCUT2D eigenvalue weighted by Gasteiger charge is 2.08. The highest BCUT2D eigenvalue weighted by molar-refractivity contribution is 7.14. The van der Waals surface area contributed by atoms with Gasteiger partial charge < -0.3 is 5.11 Å². The summed E-state index contributed by atoms with van der Waals surface area (Å²) in [6, 6.07) is 3.57. The van der Waals surface area contributed by atoms with E-state index >= 15 is 0 Å². The first-order valence-corrected chi connectivity index (χ1v) is 6.36. The number of hydrogen-bond donors (Lipinski definition) is 1. The van der Waals surface area contributed by atoms with Crippen LogP contribution in [0, 0.1) is 11.3 Å². The van der Waals surface area contributed by atoms with Gasteiger partial charge in [-0.2, -0.15) is 16.6 Å². The number of carbonyl (C=O) groups is 1. The molecule has 0 spiro atoms. The summed E-state index contributed by atoms with van der Waals surface area (Å²) >= 11 is 2.99. The molecule has 0 amide bonds. The molecule has 0 aliphatic carbocycles. The number of thiazole rings is 1. The van der Waals surface area contributed by atoms with Crippen LogP contribution >= 0.6 is 22.7 Å². The Morgan fingerprint density at radius 2 is 2.35 bits per heavy atom. The van der Waals surface area contributed by atoms with Gasteiger partial charge in [-0.05, 0) is 17.5 Å². The lowest BCUT2D eigenvalue weighted by atomic mass is 10.2. The molecule has 0 unspecified atom stereocenters. The number of carboxylic acid groups (broad SMARTS) is 1. The average Bonchev–Trinajstić information content (AvgIpc) is 2.95. The maximum Gasteiger partial charge on any atom is 0.346 e. The Balaban J connectivity index is 2.31. The van der Waals surface area contributed by atoms with Gasteiger partial charge in [0.2, 0.25) is 0 Å². The Morgan fingerprint density at radius 1 is 1.53 bits per heavy atom. The molecule has 2 heterocycles. The van der Waals surface area contributed by atoms with Crippen LogP contribution < -0.4 is 0 Å². The minimum absolute atomic E-state index is 0.313. The predicted molar refractivity (Wildman–Crippen MR) is 66.7 cm³/mol. The molecule has 0 aromatic carbocycles. The van der Waals surface area contributed by atoms with E-state index in [0.29, 0.717) is 5.69 Å². The van der Waals surface area contributed by atoms with E-state index in [1.54, 1.807) is 22.8 Å². The molecule has 0 atom stereocenters. The van der Waals surface area contributed by atoms with E-state index in [1.165, 1.54) is 17.4 Å². The number of carboxylic acids is 1. The van der Waals surface area contributed by atoms with Crippen molar-refractivity contribution in [3.8, 4) is 16.6 Å². The van der Waals surface area contributed by atoms with E-state index in [4.69, 9.17) is 10.4 Å². The Bertz CT molecular complexity index is 606. The Morgan fingerprint density at radius 3 is 2.94 bits per heavy atom. The zero-order valence-electron chi connectivity index (χ0n) is 8.45. The number of nitriles is 1. The highest BCUT2D eigenvalue weighted by Crippen LogP contribution is 2.26. The first-order chi connectivity index (χ1) is 8.20. The second-order valence-corrected chi connectivity index (χ2v) is 4.70. The van der Waals surface area contributed by atoms with Gasteiger partial charge in [-0.3, -0.25) is 0 Å². The van der Waals surface area contributed by atoms with Crippen molar-refractivity contribution >= 4 is 34.7 Å². The predicted octanol–water partition coefficient (Wildman–Crippen LogP) is 2.86. The van der Waals surface area contributed by atoms with Crippen LogP contribution in [0.25, 0.3) is 16.6 Å². The second-order valence-electron chi connectivity index (χ2n) is 3.06. The lowest BCUT2D eigenvalue weighted by Gasteiger charge is -1.88. The van der Waals surface area contributed by atoms with Crippen LogP contribution in [0.2, 0.25) is 0 Å². The Hall–Kier alpha value is -1.97. The van der Waals surface area contributed by atoms with Crippen molar-refractivity contribution in [3.05, 3.63) is 33.5 Å². The van der Waals surface area contributed by atoms with Crippen molar-refractivity contribution in [1.82, 2.24) is 4.98 Å². The van der Waals surface area contributed by atoms with Gasteiger partial charge in [0.05, 0.1) is 5.69 Å². The van der Waals surface area contributed by atoms with E-state index in [-0.39, 0.29) is 5.57 Å². The molecule has 0 aliphatic rings. The molecular weight excluding hydrogens is 256 g/mol. The van der Waals surface area contributed by atoms with Crippen LogP contribution in [-0.2, 0) is 4.79 Å². The first kappa shape index (κ1) is 11.5. The minimum atomic E-state index is -1.24. The van der Waals surface area contributed by atoms with E-state index in [0.717, 1.165) is 10.6 Å². The second kappa shape index (κ2) is 4.91. The molecular formula is C11H6N2O2S2. The lowest BCUT2D eigenvalue weighted by molar-refractivity contribution is -0.132. The van der Waals surface area contributed by atoms with Crippen molar-refractivity contribution < 1.29 is 9.90 Å². The van der Waals surface area contributed by atoms with Crippen LogP contribution in [0.3, 0.4) is 0 Å². The summed E-state index contributed by atoms with van der Waals surface area (Å²) in [4.78, 5) is 14.9. The van der Waals surface area contributed by atoms with Crippen LogP contribution in [0.5, 0.6) is 0 Å². The van der Waals surface area contributed by atoms with Crippen molar-refractivity contribution in [2.75, 3.05) is 0 Å². The Kier molecular flexibility index (Phi) is 3.32. The van der Waals surface area contributed by atoms with Crippen LogP contribution in [0.15, 0.2) is 27.8 Å². The monoisotopic (exact) mass is 262 g/mol. The van der Waals surface area contributed by atoms with Gasteiger partial charge in [-0.15, -0.1) is 11.3 Å². The van der Waals surface area contributed by atoms with Crippen LogP contribution in [0.4, 0.5) is 0 Å². The van der Waals surface area contributed by atoms with Crippen molar-refractivity contribution in [2.24, 2.45) is 0 Å². The summed E-state index contributed by atoms with van der Waals surface area (Å²) in [6.07, 6.45) is 1.27. The summed E-state index contributed by atoms with van der Waals surface area (Å²) in [5.41, 5.74) is 1.19. The molecule has 6 heteroatoms. The van der Waals surface area contributed by atoms with Gasteiger partial charge in [-0.25, -0.2) is 9.78 Å². The number of aromatic nitrogens is 1. The SMILES string of the molecule is N#C/C(=C/c1csc(-c2ccsc2)n1)C(=O)O. The fourth-order valence-corrected chi connectivity index (χ4v) is 2.65. The maximum atomic E-state index is 10.7. The zero-order valence-corrected chi connectivity index (χ0v) is 10.1. The summed E-state index contributed by atoms with van der Waals surface area (Å²) in [5.74, 6) is -1.24. The van der Waals surface area contributed by atoms with Gasteiger partial charge in [-0.1, -0.05) is 0 Å². The number of aliphatic carboxylic acids is 1. The fraction of sp³-hybridized carbons (Fsp3) is 0. The maximum absolute atomic E-state index is 10.7. The molecule has 0 fully saturated rings. The standard InChI is InChI=1S/C11H6N2O2S2/c12-4-8(11(14)15)3-9-6-17-10(13-9)7-1-2-16-5-7/h1-3,5-6H,(H,14,15)/b8-3-.